The Labute approximate surface area is 61.6 Å². The highest BCUT2D eigenvalue weighted by Crippen LogP contribution is 2.08. The van der Waals surface area contributed by atoms with Crippen LogP contribution in [0, 0.1) is 0 Å². The van der Waals surface area contributed by atoms with Crippen molar-refractivity contribution in [2.24, 2.45) is 4.99 Å². The van der Waals surface area contributed by atoms with Crippen molar-refractivity contribution in [1.82, 2.24) is 4.90 Å². The molecule has 0 radical (unpaired) electrons. The van der Waals surface area contributed by atoms with Crippen molar-refractivity contribution >= 4 is 5.71 Å². The second-order valence-corrected chi connectivity index (χ2v) is 2.33. The normalized spacial score (nSPS) is 21.7. The molecule has 0 saturated heterocycles. The summed E-state index contributed by atoms with van der Waals surface area (Å²) < 4.78 is 0. The molecule has 54 valence electrons. The van der Waals surface area contributed by atoms with E-state index in [-0.39, 0.29) is 0 Å². The summed E-state index contributed by atoms with van der Waals surface area (Å²) in [5, 5.41) is 0. The van der Waals surface area contributed by atoms with Crippen molar-refractivity contribution in [2.45, 2.75) is 13.8 Å². The van der Waals surface area contributed by atoms with Gasteiger partial charge < -0.3 is 4.90 Å². The van der Waals surface area contributed by atoms with Crippen LogP contribution in [-0.4, -0.2) is 17.7 Å². The van der Waals surface area contributed by atoms with Gasteiger partial charge in [0, 0.05) is 19.0 Å². The lowest BCUT2D eigenvalue weighted by Gasteiger charge is -2.17. The van der Waals surface area contributed by atoms with Gasteiger partial charge in [-0.3, -0.25) is 0 Å². The van der Waals surface area contributed by atoms with Crippen molar-refractivity contribution < 1.29 is 0 Å². The smallest absolute Gasteiger partial charge is 0.128 e. The van der Waals surface area contributed by atoms with Crippen LogP contribution in [0.1, 0.15) is 13.8 Å². The number of hydrogen-bond donors (Lipinski definition) is 0. The van der Waals surface area contributed by atoms with E-state index in [1.807, 2.05) is 44.1 Å². The molecule has 10 heavy (non-hydrogen) atoms. The number of hydrogen-bond acceptors (Lipinski definition) is 2. The Morgan fingerprint density at radius 3 is 2.80 bits per heavy atom. The van der Waals surface area contributed by atoms with Gasteiger partial charge in [-0.1, -0.05) is 0 Å². The van der Waals surface area contributed by atoms with Crippen molar-refractivity contribution in [1.29, 1.82) is 0 Å². The fourth-order valence-electron chi connectivity index (χ4n) is 0.861. The second-order valence-electron chi connectivity index (χ2n) is 2.33. The molecule has 0 N–H and O–H groups in total. The third kappa shape index (κ3) is 1.26. The Bertz CT molecular complexity index is 211. The molecule has 2 heteroatoms. The lowest BCUT2D eigenvalue weighted by atomic mass is 10.3. The van der Waals surface area contributed by atoms with Crippen LogP contribution in [0.5, 0.6) is 0 Å². The zero-order valence-electron chi connectivity index (χ0n) is 6.63. The highest BCUT2D eigenvalue weighted by Gasteiger charge is 2.01. The van der Waals surface area contributed by atoms with Crippen LogP contribution in [0.15, 0.2) is 29.2 Å². The van der Waals surface area contributed by atoms with Gasteiger partial charge in [-0.25, -0.2) is 4.99 Å². The molecule has 1 aliphatic rings. The average molecular weight is 136 g/mol. The molecule has 0 saturated carbocycles. The maximum Gasteiger partial charge on any atom is 0.128 e. The Kier molecular flexibility index (Phi) is 1.90. The molecule has 0 spiro atoms. The maximum absolute atomic E-state index is 4.30. The van der Waals surface area contributed by atoms with Gasteiger partial charge in [0.2, 0.25) is 0 Å². The first-order valence-electron chi connectivity index (χ1n) is 3.36. The minimum Gasteiger partial charge on any atom is -0.336 e. The highest BCUT2D eigenvalue weighted by molar-refractivity contribution is 5.94. The predicted octanol–water partition coefficient (Wildman–Crippen LogP) is 1.77. The zero-order valence-corrected chi connectivity index (χ0v) is 6.63. The number of rotatable bonds is 0. The minimum atomic E-state index is 1.01. The first kappa shape index (κ1) is 7.06. The fourth-order valence-corrected chi connectivity index (χ4v) is 0.861. The van der Waals surface area contributed by atoms with Gasteiger partial charge in [0.15, 0.2) is 0 Å². The lowest BCUT2D eigenvalue weighted by molar-refractivity contribution is 0.556. The van der Waals surface area contributed by atoms with Gasteiger partial charge in [-0.05, 0) is 26.0 Å². The van der Waals surface area contributed by atoms with Gasteiger partial charge in [0.1, 0.15) is 5.82 Å². The summed E-state index contributed by atoms with van der Waals surface area (Å²) in [5.41, 5.74) is 1.06. The van der Waals surface area contributed by atoms with Gasteiger partial charge in [-0.15, -0.1) is 0 Å². The Balaban J connectivity index is 2.88. The van der Waals surface area contributed by atoms with Crippen LogP contribution in [0.25, 0.3) is 0 Å². The molecule has 1 aliphatic heterocycles. The molecular formula is C8H12N2. The first-order chi connectivity index (χ1) is 4.74. The van der Waals surface area contributed by atoms with Crippen LogP contribution in [0.2, 0.25) is 0 Å². The summed E-state index contributed by atoms with van der Waals surface area (Å²) in [6, 6.07) is 0. The van der Waals surface area contributed by atoms with Crippen molar-refractivity contribution in [3.05, 3.63) is 24.2 Å². The topological polar surface area (TPSA) is 15.6 Å². The molecule has 0 aliphatic carbocycles. The summed E-state index contributed by atoms with van der Waals surface area (Å²) in [6.45, 7) is 3.98. The Hall–Kier alpha value is -1.05. The van der Waals surface area contributed by atoms with Crippen LogP contribution in [0.3, 0.4) is 0 Å². The molecule has 0 amide bonds. The predicted molar refractivity (Wildman–Crippen MR) is 43.8 cm³/mol. The van der Waals surface area contributed by atoms with E-state index in [1.165, 1.54) is 0 Å². The van der Waals surface area contributed by atoms with E-state index in [0.717, 1.165) is 11.5 Å². The summed E-state index contributed by atoms with van der Waals surface area (Å²) in [6.07, 6.45) is 6.00. The maximum atomic E-state index is 4.30. The molecule has 0 unspecified atom stereocenters. The molecule has 0 aromatic carbocycles. The van der Waals surface area contributed by atoms with Crippen LogP contribution in [0.4, 0.5) is 0 Å². The number of nitrogens with zero attached hydrogens (tertiary/aromatic N) is 2. The molecule has 0 aromatic rings. The third-order valence-electron chi connectivity index (χ3n) is 1.45. The quantitative estimate of drug-likeness (QED) is 0.495. The first-order valence-corrected chi connectivity index (χ1v) is 3.36. The molecule has 1 rings (SSSR count). The van der Waals surface area contributed by atoms with Gasteiger partial charge in [0.05, 0.1) is 0 Å². The summed E-state index contributed by atoms with van der Waals surface area (Å²) in [5.74, 6) is 1.01. The van der Waals surface area contributed by atoms with E-state index in [0.29, 0.717) is 0 Å². The molecule has 0 bridgehead atoms. The Morgan fingerprint density at radius 1 is 1.60 bits per heavy atom. The van der Waals surface area contributed by atoms with E-state index in [4.69, 9.17) is 0 Å². The lowest BCUT2D eigenvalue weighted by Crippen LogP contribution is -2.13. The summed E-state index contributed by atoms with van der Waals surface area (Å²) >= 11 is 0. The second kappa shape index (κ2) is 2.69. The molecule has 2 nitrogen and oxygen atoms in total. The fraction of sp³-hybridized carbons (Fsp3) is 0.375. The highest BCUT2D eigenvalue weighted by atomic mass is 15.2. The minimum absolute atomic E-state index is 1.01. The van der Waals surface area contributed by atoms with Crippen LogP contribution >= 0.6 is 0 Å². The SMILES string of the molecule is C/C=C1/N=C(C)C=CN1C. The third-order valence-corrected chi connectivity index (χ3v) is 1.45. The standard InChI is InChI=1S/C8H12N2/c1-4-8-9-7(2)5-6-10(8)3/h4-6H,1-3H3/b8-4-. The van der Waals surface area contributed by atoms with E-state index >= 15 is 0 Å². The van der Waals surface area contributed by atoms with Crippen molar-refractivity contribution in [3.63, 3.8) is 0 Å². The van der Waals surface area contributed by atoms with Crippen molar-refractivity contribution in [3.8, 4) is 0 Å². The van der Waals surface area contributed by atoms with E-state index in [9.17, 15) is 0 Å². The van der Waals surface area contributed by atoms with E-state index in [2.05, 4.69) is 4.99 Å². The molecule has 0 fully saturated rings. The van der Waals surface area contributed by atoms with Gasteiger partial charge >= 0.3 is 0 Å². The number of aliphatic imine (C=N–C) groups is 1. The monoisotopic (exact) mass is 136 g/mol. The van der Waals surface area contributed by atoms with Crippen LogP contribution in [-0.2, 0) is 0 Å². The van der Waals surface area contributed by atoms with Gasteiger partial charge in [-0.2, -0.15) is 0 Å². The molecule has 1 heterocycles. The molecule has 0 atom stereocenters. The van der Waals surface area contributed by atoms with Gasteiger partial charge in [0.25, 0.3) is 0 Å². The average Bonchev–Trinajstić information content (AvgIpc) is 1.94. The molecule has 0 aromatic heterocycles. The van der Waals surface area contributed by atoms with E-state index in [1.54, 1.807) is 0 Å². The van der Waals surface area contributed by atoms with Crippen LogP contribution < -0.4 is 0 Å². The summed E-state index contributed by atoms with van der Waals surface area (Å²) in [7, 11) is 1.99. The number of allylic oxidation sites excluding steroid dienone is 2. The van der Waals surface area contributed by atoms with E-state index < -0.39 is 0 Å². The summed E-state index contributed by atoms with van der Waals surface area (Å²) in [4.78, 5) is 6.29. The largest absolute Gasteiger partial charge is 0.336 e. The van der Waals surface area contributed by atoms with Crippen molar-refractivity contribution in [2.75, 3.05) is 7.05 Å². The molecular weight excluding hydrogens is 124 g/mol. The Morgan fingerprint density at radius 2 is 2.30 bits per heavy atom. The zero-order chi connectivity index (χ0) is 7.56.